The van der Waals surface area contributed by atoms with E-state index in [1.165, 1.54) is 25.7 Å². The number of nitrogens with one attached hydrogen (secondary N) is 1. The molecule has 0 bridgehead atoms. The molecule has 3 heterocycles. The Kier molecular flexibility index (Phi) is 7.60. The molecule has 1 fully saturated rings. The van der Waals surface area contributed by atoms with E-state index in [1.807, 2.05) is 30.3 Å². The van der Waals surface area contributed by atoms with Gasteiger partial charge in [0.15, 0.2) is 0 Å². The van der Waals surface area contributed by atoms with Crippen molar-refractivity contribution in [2.75, 3.05) is 19.6 Å². The Hall–Kier alpha value is -2.64. The number of amides is 1. The van der Waals surface area contributed by atoms with Crippen LogP contribution in [0, 0.1) is 0 Å². The Morgan fingerprint density at radius 3 is 2.91 bits per heavy atom. The zero-order chi connectivity index (χ0) is 22.3. The first kappa shape index (κ1) is 22.6. The molecule has 1 aliphatic rings. The van der Waals surface area contributed by atoms with Crippen molar-refractivity contribution in [1.29, 1.82) is 0 Å². The minimum atomic E-state index is -0.203. The maximum absolute atomic E-state index is 12.6. The molecular weight excluding hydrogens is 420 g/mol. The first-order valence-electron chi connectivity index (χ1n) is 11.5. The van der Waals surface area contributed by atoms with E-state index in [4.69, 9.17) is 0 Å². The van der Waals surface area contributed by atoms with Crippen molar-refractivity contribution in [3.8, 4) is 0 Å². The molecule has 0 saturated carbocycles. The maximum atomic E-state index is 12.6. The van der Waals surface area contributed by atoms with Crippen molar-refractivity contribution < 1.29 is 4.79 Å². The second kappa shape index (κ2) is 10.8. The van der Waals surface area contributed by atoms with Crippen LogP contribution in [-0.2, 0) is 6.42 Å². The van der Waals surface area contributed by atoms with Gasteiger partial charge in [-0.2, -0.15) is 0 Å². The van der Waals surface area contributed by atoms with E-state index < -0.39 is 0 Å². The molecule has 3 aromatic rings. The molecule has 1 unspecified atom stereocenters. The average molecular weight is 451 g/mol. The van der Waals surface area contributed by atoms with Crippen molar-refractivity contribution >= 4 is 27.5 Å². The van der Waals surface area contributed by atoms with Crippen LogP contribution in [0.25, 0.3) is 10.2 Å². The first-order valence-corrected chi connectivity index (χ1v) is 12.3. The van der Waals surface area contributed by atoms with Crippen molar-refractivity contribution in [3.63, 3.8) is 0 Å². The van der Waals surface area contributed by atoms with Gasteiger partial charge in [0.2, 0.25) is 0 Å². The van der Waals surface area contributed by atoms with Crippen molar-refractivity contribution in [1.82, 2.24) is 20.2 Å². The van der Waals surface area contributed by atoms with E-state index in [0.29, 0.717) is 40.6 Å². The van der Waals surface area contributed by atoms with E-state index in [9.17, 15) is 9.59 Å². The topological polar surface area (TPSA) is 75.2 Å². The number of pyridine rings is 1. The number of carbonyl (C=O) groups excluding carboxylic acids is 1. The Morgan fingerprint density at radius 2 is 2.09 bits per heavy atom. The number of fused-ring (bicyclic) bond motifs is 1. The van der Waals surface area contributed by atoms with Crippen LogP contribution in [-0.4, -0.2) is 46.5 Å². The number of hydrogen-bond donors (Lipinski definition) is 1. The lowest BCUT2D eigenvalue weighted by molar-refractivity contribution is 0.0942. The van der Waals surface area contributed by atoms with Gasteiger partial charge in [-0.15, -0.1) is 0 Å². The quantitative estimate of drug-likeness (QED) is 0.525. The van der Waals surface area contributed by atoms with Gasteiger partial charge in [-0.1, -0.05) is 55.0 Å². The average Bonchev–Trinajstić information content (AvgIpc) is 2.82. The second-order valence-corrected chi connectivity index (χ2v) is 9.37. The van der Waals surface area contributed by atoms with E-state index in [0.717, 1.165) is 36.4 Å². The molecule has 1 N–H and O–H groups in total. The monoisotopic (exact) mass is 450 g/mol. The van der Waals surface area contributed by atoms with E-state index in [-0.39, 0.29) is 10.6 Å². The van der Waals surface area contributed by atoms with Gasteiger partial charge in [0, 0.05) is 25.6 Å². The Labute approximate surface area is 192 Å². The molecule has 0 radical (unpaired) electrons. The van der Waals surface area contributed by atoms with E-state index in [2.05, 4.69) is 27.1 Å². The van der Waals surface area contributed by atoms with Crippen LogP contribution < -0.4 is 10.1 Å². The number of benzene rings is 1. The Bertz CT molecular complexity index is 1120. The highest BCUT2D eigenvalue weighted by Gasteiger charge is 2.20. The normalized spacial score (nSPS) is 16.8. The smallest absolute Gasteiger partial charge is 0.269 e. The molecule has 7 heteroatoms. The molecule has 1 aromatic carbocycles. The summed E-state index contributed by atoms with van der Waals surface area (Å²) >= 11 is 1.12. The van der Waals surface area contributed by atoms with Crippen LogP contribution in [0.3, 0.4) is 0 Å². The summed E-state index contributed by atoms with van der Waals surface area (Å²) in [6, 6.07) is 12.2. The number of carbonyl (C=O) groups is 1. The number of rotatable bonds is 8. The SMILES string of the molecule is CCC1CCCCN1CCCNC(=O)c1cc2sc(=O)c(Cc3ccccc3)nc2cn1. The van der Waals surface area contributed by atoms with Gasteiger partial charge in [0.05, 0.1) is 16.4 Å². The standard InChI is InChI=1S/C25H30N4O2S/c1-2-19-11-6-7-13-29(19)14-8-12-26-24(30)20-16-23-22(17-27-20)28-21(25(31)32-23)15-18-9-4-3-5-10-18/h3-5,9-10,16-17,19H,2,6-8,11-15H2,1H3,(H,26,30). The lowest BCUT2D eigenvalue weighted by Gasteiger charge is -2.35. The highest BCUT2D eigenvalue weighted by Crippen LogP contribution is 2.19. The van der Waals surface area contributed by atoms with Crippen LogP contribution in [0.1, 0.15) is 60.8 Å². The maximum Gasteiger partial charge on any atom is 0.269 e. The molecule has 0 spiro atoms. The summed E-state index contributed by atoms with van der Waals surface area (Å²) in [5.74, 6) is -0.203. The molecule has 168 valence electrons. The molecule has 6 nitrogen and oxygen atoms in total. The lowest BCUT2D eigenvalue weighted by atomic mass is 10.00. The summed E-state index contributed by atoms with van der Waals surface area (Å²) < 4.78 is 0.608. The van der Waals surface area contributed by atoms with Gasteiger partial charge in [-0.3, -0.25) is 9.59 Å². The van der Waals surface area contributed by atoms with E-state index >= 15 is 0 Å². The predicted molar refractivity (Wildman–Crippen MR) is 129 cm³/mol. The molecule has 1 amide bonds. The van der Waals surface area contributed by atoms with Gasteiger partial charge in [-0.25, -0.2) is 9.97 Å². The number of likely N-dealkylation sites (tertiary alicyclic amines) is 1. The molecule has 4 rings (SSSR count). The van der Waals surface area contributed by atoms with Gasteiger partial charge in [0.1, 0.15) is 11.4 Å². The summed E-state index contributed by atoms with van der Waals surface area (Å²) in [6.45, 7) is 5.05. The van der Waals surface area contributed by atoms with Crippen molar-refractivity contribution in [2.45, 2.75) is 51.5 Å². The fourth-order valence-corrected chi connectivity index (χ4v) is 5.17. The zero-order valence-electron chi connectivity index (χ0n) is 18.5. The fraction of sp³-hybridized carbons (Fsp3) is 0.440. The van der Waals surface area contributed by atoms with Crippen molar-refractivity contribution in [2.24, 2.45) is 0 Å². The number of aromatic nitrogens is 2. The largest absolute Gasteiger partial charge is 0.351 e. The molecule has 1 aliphatic heterocycles. The van der Waals surface area contributed by atoms with Gasteiger partial charge >= 0.3 is 0 Å². The van der Waals surface area contributed by atoms with Gasteiger partial charge in [0.25, 0.3) is 10.6 Å². The number of piperidine rings is 1. The molecule has 32 heavy (non-hydrogen) atoms. The predicted octanol–water partition coefficient (Wildman–Crippen LogP) is 4.03. The fourth-order valence-electron chi connectivity index (χ4n) is 4.36. The number of nitrogens with zero attached hydrogens (tertiary/aromatic N) is 3. The molecular formula is C25H30N4O2S. The minimum Gasteiger partial charge on any atom is -0.351 e. The number of hydrogen-bond acceptors (Lipinski definition) is 6. The van der Waals surface area contributed by atoms with Crippen LogP contribution in [0.4, 0.5) is 0 Å². The van der Waals surface area contributed by atoms with Crippen LogP contribution >= 0.6 is 11.3 Å². The van der Waals surface area contributed by atoms with Crippen LogP contribution in [0.15, 0.2) is 47.4 Å². The molecule has 1 saturated heterocycles. The summed E-state index contributed by atoms with van der Waals surface area (Å²) in [4.78, 5) is 36.5. The summed E-state index contributed by atoms with van der Waals surface area (Å²) in [5.41, 5.74) is 2.53. The third kappa shape index (κ3) is 5.58. The van der Waals surface area contributed by atoms with Crippen LogP contribution in [0.5, 0.6) is 0 Å². The second-order valence-electron chi connectivity index (χ2n) is 8.35. The minimum absolute atomic E-state index is 0.0779. The molecule has 1 atom stereocenters. The van der Waals surface area contributed by atoms with Gasteiger partial charge < -0.3 is 10.2 Å². The third-order valence-electron chi connectivity index (χ3n) is 6.11. The molecule has 2 aromatic heterocycles. The van der Waals surface area contributed by atoms with Crippen LogP contribution in [0.2, 0.25) is 0 Å². The Balaban J connectivity index is 1.36. The molecule has 0 aliphatic carbocycles. The lowest BCUT2D eigenvalue weighted by Crippen LogP contribution is -2.40. The first-order chi connectivity index (χ1) is 15.6. The Morgan fingerprint density at radius 1 is 1.25 bits per heavy atom. The van der Waals surface area contributed by atoms with Gasteiger partial charge in [-0.05, 0) is 43.9 Å². The summed E-state index contributed by atoms with van der Waals surface area (Å²) in [5, 5.41) is 2.97. The summed E-state index contributed by atoms with van der Waals surface area (Å²) in [7, 11) is 0. The van der Waals surface area contributed by atoms with E-state index in [1.54, 1.807) is 12.3 Å². The summed E-state index contributed by atoms with van der Waals surface area (Å²) in [6.07, 6.45) is 8.08. The highest BCUT2D eigenvalue weighted by molar-refractivity contribution is 7.16. The van der Waals surface area contributed by atoms with Crippen molar-refractivity contribution in [3.05, 3.63) is 69.1 Å². The highest BCUT2D eigenvalue weighted by atomic mass is 32.1. The zero-order valence-corrected chi connectivity index (χ0v) is 19.4. The third-order valence-corrected chi connectivity index (χ3v) is 7.08.